The number of rotatable bonds is 9. The molecule has 13 heteroatoms. The van der Waals surface area contributed by atoms with E-state index in [0.717, 1.165) is 67.9 Å². The van der Waals surface area contributed by atoms with Crippen LogP contribution in [0.1, 0.15) is 71.3 Å². The summed E-state index contributed by atoms with van der Waals surface area (Å²) >= 11 is 1.66. The van der Waals surface area contributed by atoms with Crippen LogP contribution in [0.3, 0.4) is 0 Å². The van der Waals surface area contributed by atoms with Gasteiger partial charge < -0.3 is 30.4 Å². The molecule has 2 aliphatic heterocycles. The molecule has 4 aromatic carbocycles. The fraction of sp³-hybridized carbons (Fsp3) is 0.432. The molecule has 3 heterocycles. The van der Waals surface area contributed by atoms with E-state index < -0.39 is 29.9 Å². The number of benzene rings is 4. The number of nitrogens with one attached hydrogen (secondary N) is 2. The molecule has 2 saturated heterocycles. The Kier molecular flexibility index (Phi) is 11.1. The van der Waals surface area contributed by atoms with Crippen molar-refractivity contribution in [3.05, 3.63) is 72.1 Å². The van der Waals surface area contributed by atoms with Gasteiger partial charge in [-0.3, -0.25) is 14.5 Å². The molecular weight excluding hydrogens is 741 g/mol. The number of likely N-dealkylation sites (tertiary alicyclic amines) is 2. The van der Waals surface area contributed by atoms with Crippen molar-refractivity contribution in [1.82, 2.24) is 25.1 Å². The first kappa shape index (κ1) is 39.9. The van der Waals surface area contributed by atoms with Crippen molar-refractivity contribution in [3.8, 4) is 11.1 Å². The van der Waals surface area contributed by atoms with Crippen LogP contribution in [0.2, 0.25) is 0 Å². The van der Waals surface area contributed by atoms with Crippen LogP contribution in [0, 0.1) is 5.92 Å². The van der Waals surface area contributed by atoms with E-state index in [1.807, 2.05) is 76.1 Å². The molecule has 0 unspecified atom stereocenters. The smallest absolute Gasteiger partial charge is 0.410 e. The molecule has 3 amide bonds. The Bertz CT molecular complexity index is 2370. The minimum Gasteiger partial charge on any atom is -0.453 e. The van der Waals surface area contributed by atoms with Crippen LogP contribution in [-0.4, -0.2) is 93.0 Å². The van der Waals surface area contributed by atoms with Gasteiger partial charge in [0.05, 0.1) is 30.2 Å². The first-order chi connectivity index (χ1) is 27.1. The fourth-order valence-electron chi connectivity index (χ4n) is 8.19. The minimum atomic E-state index is -0.701. The molecule has 57 heavy (non-hydrogen) atoms. The summed E-state index contributed by atoms with van der Waals surface area (Å²) in [5, 5.41) is 6.74. The lowest BCUT2D eigenvalue weighted by Crippen LogP contribution is -2.51. The Morgan fingerprint density at radius 3 is 2.33 bits per heavy atom. The van der Waals surface area contributed by atoms with Crippen molar-refractivity contribution in [2.75, 3.05) is 32.2 Å². The number of H-pyrrole nitrogens is 1. The number of nitrogen functional groups attached to an aromatic ring is 1. The molecule has 0 spiro atoms. The quantitative estimate of drug-likeness (QED) is 0.126. The molecule has 2 fully saturated rings. The van der Waals surface area contributed by atoms with Gasteiger partial charge in [-0.15, -0.1) is 0 Å². The van der Waals surface area contributed by atoms with Gasteiger partial charge in [-0.05, 0) is 97.9 Å². The summed E-state index contributed by atoms with van der Waals surface area (Å²) in [6, 6.07) is 19.0. The van der Waals surface area contributed by atoms with Crippen LogP contribution in [-0.2, 0) is 25.5 Å². The van der Waals surface area contributed by atoms with E-state index in [1.165, 1.54) is 7.11 Å². The number of thioether (sulfide) groups is 1. The third-order valence-electron chi connectivity index (χ3n) is 11.2. The second kappa shape index (κ2) is 15.9. The molecule has 0 saturated carbocycles. The van der Waals surface area contributed by atoms with Crippen molar-refractivity contribution < 1.29 is 28.7 Å². The van der Waals surface area contributed by atoms with Gasteiger partial charge in [-0.1, -0.05) is 56.3 Å². The SMILES string of the molecule is COC(=O)N[C@H](C(=O)N1CCC[C@H]1c1nc2c(ccc3cc(-c4ccc5c(N)c(CC(=O)[C@@H]6C[C@H](SC)CN6C(=O)OC(C)(C)C)ccc5c4)ccc32)[nH]1)C(C)C. The van der Waals surface area contributed by atoms with Crippen LogP contribution in [0.15, 0.2) is 60.7 Å². The third kappa shape index (κ3) is 8.12. The van der Waals surface area contributed by atoms with Crippen molar-refractivity contribution >= 4 is 73.9 Å². The van der Waals surface area contributed by atoms with E-state index in [9.17, 15) is 19.2 Å². The highest BCUT2D eigenvalue weighted by atomic mass is 32.2. The predicted octanol–water partition coefficient (Wildman–Crippen LogP) is 8.02. The van der Waals surface area contributed by atoms with Crippen LogP contribution in [0.5, 0.6) is 0 Å². The van der Waals surface area contributed by atoms with Gasteiger partial charge in [-0.25, -0.2) is 14.6 Å². The van der Waals surface area contributed by atoms with E-state index in [1.54, 1.807) is 16.7 Å². The Morgan fingerprint density at radius 2 is 1.67 bits per heavy atom. The standard InChI is InChI=1S/C44H52N6O6S/c1-24(2)38(48-42(53)55-6)41(52)49-18-8-9-34(49)40-46-33-17-14-28-20-26(13-16-32(28)39(33)47-40)25-12-15-31-27(19-25)10-11-29(37(31)45)21-36(51)35-22-30(57-7)23-50(35)43(54)56-44(3,4)5/h10-17,19-20,24,30,34-35,38H,8-9,18,21-23,45H2,1-7H3,(H,46,47)(H,48,53)/t30-,34-,35-,38-/m0/s1. The number of carbonyl (C=O) groups excluding carboxylic acids is 4. The van der Waals surface area contributed by atoms with Gasteiger partial charge in [-0.2, -0.15) is 11.8 Å². The summed E-state index contributed by atoms with van der Waals surface area (Å²) in [6.45, 7) is 10.4. The fourth-order valence-corrected chi connectivity index (χ4v) is 8.87. The largest absolute Gasteiger partial charge is 0.453 e. The lowest BCUT2D eigenvalue weighted by molar-refractivity contribution is -0.135. The average Bonchev–Trinajstić information content (AvgIpc) is 3.95. The molecule has 0 radical (unpaired) electrons. The predicted molar refractivity (Wildman–Crippen MR) is 226 cm³/mol. The Labute approximate surface area is 337 Å². The Hall–Kier alpha value is -5.30. The van der Waals surface area contributed by atoms with Gasteiger partial charge in [0.25, 0.3) is 0 Å². The van der Waals surface area contributed by atoms with Gasteiger partial charge in [0.1, 0.15) is 17.5 Å². The van der Waals surface area contributed by atoms with E-state index in [0.29, 0.717) is 25.2 Å². The maximum Gasteiger partial charge on any atom is 0.410 e. The second-order valence-corrected chi connectivity index (χ2v) is 17.7. The first-order valence-corrected chi connectivity index (χ1v) is 20.9. The maximum atomic E-state index is 13.7. The number of carbonyl (C=O) groups is 4. The van der Waals surface area contributed by atoms with Crippen LogP contribution >= 0.6 is 11.8 Å². The number of alkyl carbamates (subject to hydrolysis) is 1. The number of imidazole rings is 1. The van der Waals surface area contributed by atoms with E-state index in [4.69, 9.17) is 20.2 Å². The molecule has 5 aromatic rings. The van der Waals surface area contributed by atoms with Crippen LogP contribution < -0.4 is 11.1 Å². The summed E-state index contributed by atoms with van der Waals surface area (Å²) in [5.74, 6) is 0.426. The van der Waals surface area contributed by atoms with E-state index >= 15 is 0 Å². The zero-order valence-corrected chi connectivity index (χ0v) is 34.5. The first-order valence-electron chi connectivity index (χ1n) is 19.6. The highest BCUT2D eigenvalue weighted by Gasteiger charge is 2.41. The monoisotopic (exact) mass is 792 g/mol. The third-order valence-corrected chi connectivity index (χ3v) is 12.2. The normalized spacial score (nSPS) is 19.1. The molecule has 1 aromatic heterocycles. The molecule has 300 valence electrons. The number of methoxy groups -OCH3 is 1. The number of amides is 3. The van der Waals surface area contributed by atoms with Gasteiger partial charge >= 0.3 is 12.2 Å². The zero-order valence-electron chi connectivity index (χ0n) is 33.7. The molecule has 0 aliphatic carbocycles. The van der Waals surface area contributed by atoms with Crippen LogP contribution in [0.4, 0.5) is 15.3 Å². The van der Waals surface area contributed by atoms with Crippen molar-refractivity contribution in [3.63, 3.8) is 0 Å². The summed E-state index contributed by atoms with van der Waals surface area (Å²) in [7, 11) is 1.29. The lowest BCUT2D eigenvalue weighted by atomic mass is 9.94. The molecule has 4 atom stereocenters. The topological polar surface area (TPSA) is 160 Å². The number of aromatic nitrogens is 2. The van der Waals surface area contributed by atoms with E-state index in [-0.39, 0.29) is 35.3 Å². The Balaban J connectivity index is 1.10. The highest BCUT2D eigenvalue weighted by molar-refractivity contribution is 7.99. The highest BCUT2D eigenvalue weighted by Crippen LogP contribution is 2.37. The molecule has 7 rings (SSSR count). The van der Waals surface area contributed by atoms with Crippen LogP contribution in [0.25, 0.3) is 43.7 Å². The molecule has 0 bridgehead atoms. The number of nitrogens with zero attached hydrogens (tertiary/aromatic N) is 3. The summed E-state index contributed by atoms with van der Waals surface area (Å²) in [5.41, 5.74) is 11.2. The van der Waals surface area contributed by atoms with Gasteiger partial charge in [0, 0.05) is 41.2 Å². The molecule has 2 aliphatic rings. The van der Waals surface area contributed by atoms with Crippen molar-refractivity contribution in [1.29, 1.82) is 0 Å². The molecule has 12 nitrogen and oxygen atoms in total. The van der Waals surface area contributed by atoms with E-state index in [2.05, 4.69) is 40.6 Å². The minimum absolute atomic E-state index is 0.0452. The number of fused-ring (bicyclic) bond motifs is 4. The summed E-state index contributed by atoms with van der Waals surface area (Å²) < 4.78 is 10.4. The lowest BCUT2D eigenvalue weighted by Gasteiger charge is -2.29. The average molecular weight is 793 g/mol. The molecular formula is C44H52N6O6S. The number of Topliss-reactive ketones (excluding diaryl/α,β-unsaturated/α-hetero) is 1. The van der Waals surface area contributed by atoms with Gasteiger partial charge in [0.2, 0.25) is 5.91 Å². The Morgan fingerprint density at radius 1 is 0.982 bits per heavy atom. The van der Waals surface area contributed by atoms with Gasteiger partial charge in [0.15, 0.2) is 5.78 Å². The van der Waals surface area contributed by atoms with Crippen molar-refractivity contribution in [2.24, 2.45) is 5.92 Å². The zero-order chi connectivity index (χ0) is 40.8. The molecule has 4 N–H and O–H groups in total. The van der Waals surface area contributed by atoms with Crippen molar-refractivity contribution in [2.45, 2.75) is 89.3 Å². The number of ether oxygens (including phenoxy) is 2. The summed E-state index contributed by atoms with van der Waals surface area (Å²) in [4.78, 5) is 64.4. The number of hydrogen-bond acceptors (Lipinski definition) is 9. The number of hydrogen-bond donors (Lipinski definition) is 3. The number of aromatic amines is 1. The second-order valence-electron chi connectivity index (χ2n) is 16.5. The number of nitrogens with two attached hydrogens (primary N) is 1. The summed E-state index contributed by atoms with van der Waals surface area (Å²) in [6.07, 6.45) is 3.24. The maximum absolute atomic E-state index is 13.7. The number of ketones is 1. The number of anilines is 1.